The minimum absolute atomic E-state index is 0.0324. The summed E-state index contributed by atoms with van der Waals surface area (Å²) in [5.41, 5.74) is 7.38. The van der Waals surface area contributed by atoms with E-state index in [4.69, 9.17) is 10.5 Å². The van der Waals surface area contributed by atoms with Crippen LogP contribution in [0.25, 0.3) is 11.2 Å². The third kappa shape index (κ3) is 2.29. The van der Waals surface area contributed by atoms with E-state index in [0.29, 0.717) is 55.4 Å². The number of aromatic amines is 1. The molecule has 0 spiro atoms. The maximum Gasteiger partial charge on any atom is 0.255 e. The molecule has 3 N–H and O–H groups in total. The Bertz CT molecular complexity index is 603. The molecule has 1 amide bonds. The molecule has 1 fully saturated rings. The molecular weight excluding hydrogens is 246 g/mol. The van der Waals surface area contributed by atoms with Crippen LogP contribution < -0.4 is 5.73 Å². The number of rotatable bonds is 2. The number of aromatic nitrogens is 3. The summed E-state index contributed by atoms with van der Waals surface area (Å²) in [4.78, 5) is 25.5. The first-order chi connectivity index (χ1) is 9.28. The fourth-order valence-electron chi connectivity index (χ4n) is 2.11. The molecular formula is C12H15N5O2. The van der Waals surface area contributed by atoms with Crippen molar-refractivity contribution < 1.29 is 9.53 Å². The van der Waals surface area contributed by atoms with Crippen LogP contribution in [0.2, 0.25) is 0 Å². The van der Waals surface area contributed by atoms with E-state index in [0.717, 1.165) is 0 Å². The number of hydrogen-bond donors (Lipinski definition) is 2. The summed E-state index contributed by atoms with van der Waals surface area (Å²) < 4.78 is 5.23. The molecule has 3 heterocycles. The molecule has 0 radical (unpaired) electrons. The van der Waals surface area contributed by atoms with E-state index in [1.807, 2.05) is 0 Å². The largest absolute Gasteiger partial charge is 0.378 e. The van der Waals surface area contributed by atoms with Gasteiger partial charge in [0.05, 0.1) is 25.3 Å². The third-order valence-corrected chi connectivity index (χ3v) is 3.12. The number of nitrogens with zero attached hydrogens (tertiary/aromatic N) is 3. The van der Waals surface area contributed by atoms with Crippen molar-refractivity contribution in [2.45, 2.75) is 6.54 Å². The number of fused-ring (bicyclic) bond motifs is 1. The van der Waals surface area contributed by atoms with E-state index in [9.17, 15) is 4.79 Å². The highest BCUT2D eigenvalue weighted by Crippen LogP contribution is 2.13. The van der Waals surface area contributed by atoms with Gasteiger partial charge in [-0.25, -0.2) is 9.97 Å². The number of carbonyl (C=O) groups excluding carboxylic acids is 1. The maximum atomic E-state index is 12.3. The zero-order valence-electron chi connectivity index (χ0n) is 10.4. The molecule has 0 bridgehead atoms. The number of ether oxygens (including phenoxy) is 1. The highest BCUT2D eigenvalue weighted by atomic mass is 16.5. The lowest BCUT2D eigenvalue weighted by molar-refractivity contribution is 0.0302. The quantitative estimate of drug-likeness (QED) is 0.786. The summed E-state index contributed by atoms with van der Waals surface area (Å²) in [6.45, 7) is 2.72. The Hall–Kier alpha value is -1.99. The molecule has 2 aromatic heterocycles. The van der Waals surface area contributed by atoms with Crippen molar-refractivity contribution >= 4 is 17.1 Å². The van der Waals surface area contributed by atoms with E-state index in [2.05, 4.69) is 15.0 Å². The number of amides is 1. The first kappa shape index (κ1) is 12.1. The van der Waals surface area contributed by atoms with Crippen molar-refractivity contribution in [3.8, 4) is 0 Å². The average Bonchev–Trinajstić information content (AvgIpc) is 2.89. The molecule has 2 aromatic rings. The van der Waals surface area contributed by atoms with Crippen molar-refractivity contribution in [2.75, 3.05) is 26.3 Å². The van der Waals surface area contributed by atoms with Gasteiger partial charge in [0.1, 0.15) is 11.3 Å². The predicted octanol–water partition coefficient (Wildman–Crippen LogP) is -0.111. The Morgan fingerprint density at radius 2 is 2.26 bits per heavy atom. The van der Waals surface area contributed by atoms with Gasteiger partial charge >= 0.3 is 0 Å². The van der Waals surface area contributed by atoms with Crippen molar-refractivity contribution in [1.29, 1.82) is 0 Å². The van der Waals surface area contributed by atoms with E-state index >= 15 is 0 Å². The maximum absolute atomic E-state index is 12.3. The molecule has 7 nitrogen and oxygen atoms in total. The second-order valence-electron chi connectivity index (χ2n) is 4.38. The van der Waals surface area contributed by atoms with Gasteiger partial charge in [-0.1, -0.05) is 0 Å². The van der Waals surface area contributed by atoms with Gasteiger partial charge in [0, 0.05) is 19.3 Å². The zero-order chi connectivity index (χ0) is 13.2. The van der Waals surface area contributed by atoms with Gasteiger partial charge in [-0.2, -0.15) is 0 Å². The van der Waals surface area contributed by atoms with Crippen LogP contribution in [0.4, 0.5) is 0 Å². The summed E-state index contributed by atoms with van der Waals surface area (Å²) in [6, 6.07) is 1.75. The van der Waals surface area contributed by atoms with Crippen molar-refractivity contribution in [1.82, 2.24) is 19.9 Å². The monoisotopic (exact) mass is 261 g/mol. The molecule has 0 saturated carbocycles. The average molecular weight is 261 g/mol. The van der Waals surface area contributed by atoms with Gasteiger partial charge in [0.25, 0.3) is 5.91 Å². The van der Waals surface area contributed by atoms with Crippen LogP contribution in [0.15, 0.2) is 12.3 Å². The van der Waals surface area contributed by atoms with Gasteiger partial charge in [-0.15, -0.1) is 0 Å². The number of nitrogens with one attached hydrogen (secondary N) is 1. The Balaban J connectivity index is 1.89. The second kappa shape index (κ2) is 4.94. The van der Waals surface area contributed by atoms with E-state index in [-0.39, 0.29) is 5.91 Å². The van der Waals surface area contributed by atoms with Gasteiger partial charge in [-0.3, -0.25) is 4.79 Å². The van der Waals surface area contributed by atoms with Gasteiger partial charge in [0.15, 0.2) is 5.65 Å². The topological polar surface area (TPSA) is 97.1 Å². The molecule has 7 heteroatoms. The molecule has 0 aliphatic carbocycles. The lowest BCUT2D eigenvalue weighted by atomic mass is 10.2. The summed E-state index contributed by atoms with van der Waals surface area (Å²) in [7, 11) is 0. The molecule has 1 saturated heterocycles. The number of carbonyl (C=O) groups is 1. The van der Waals surface area contributed by atoms with Crippen LogP contribution in [0.3, 0.4) is 0 Å². The fourth-order valence-corrected chi connectivity index (χ4v) is 2.11. The highest BCUT2D eigenvalue weighted by Gasteiger charge is 2.19. The van der Waals surface area contributed by atoms with Crippen LogP contribution in [-0.4, -0.2) is 52.1 Å². The number of pyridine rings is 1. The third-order valence-electron chi connectivity index (χ3n) is 3.12. The summed E-state index contributed by atoms with van der Waals surface area (Å²) in [5, 5.41) is 0. The Morgan fingerprint density at radius 1 is 1.47 bits per heavy atom. The number of imidazole rings is 1. The summed E-state index contributed by atoms with van der Waals surface area (Å²) in [5.74, 6) is 0.633. The standard InChI is InChI=1S/C12H15N5O2/c13-6-10-15-9-5-8(7-14-11(9)16-10)12(18)17-1-3-19-4-2-17/h5,7H,1-4,6,13H2,(H,14,15,16). The Labute approximate surface area is 109 Å². The van der Waals surface area contributed by atoms with Crippen LogP contribution >= 0.6 is 0 Å². The van der Waals surface area contributed by atoms with Gasteiger partial charge < -0.3 is 20.4 Å². The molecule has 0 aromatic carbocycles. The Morgan fingerprint density at radius 3 is 3.00 bits per heavy atom. The first-order valence-electron chi connectivity index (χ1n) is 6.19. The van der Waals surface area contributed by atoms with Crippen LogP contribution in [0, 0.1) is 0 Å². The van der Waals surface area contributed by atoms with Gasteiger partial charge in [-0.05, 0) is 6.07 Å². The molecule has 100 valence electrons. The Kier molecular flexibility index (Phi) is 3.14. The SMILES string of the molecule is NCc1nc2cc(C(=O)N3CCOCC3)cnc2[nH]1. The van der Waals surface area contributed by atoms with Crippen LogP contribution in [0.1, 0.15) is 16.2 Å². The lowest BCUT2D eigenvalue weighted by Gasteiger charge is -2.26. The molecule has 0 atom stereocenters. The van der Waals surface area contributed by atoms with E-state index in [1.165, 1.54) is 0 Å². The van der Waals surface area contributed by atoms with Crippen LogP contribution in [-0.2, 0) is 11.3 Å². The number of nitrogens with two attached hydrogens (primary N) is 1. The summed E-state index contributed by atoms with van der Waals surface area (Å²) in [6.07, 6.45) is 1.57. The number of morpholine rings is 1. The predicted molar refractivity (Wildman–Crippen MR) is 68.5 cm³/mol. The zero-order valence-corrected chi connectivity index (χ0v) is 10.4. The normalized spacial score (nSPS) is 15.9. The van der Waals surface area contributed by atoms with E-state index < -0.39 is 0 Å². The fraction of sp³-hybridized carbons (Fsp3) is 0.417. The van der Waals surface area contributed by atoms with Crippen molar-refractivity contribution in [3.05, 3.63) is 23.7 Å². The molecule has 1 aliphatic rings. The highest BCUT2D eigenvalue weighted by molar-refractivity contribution is 5.96. The minimum Gasteiger partial charge on any atom is -0.378 e. The number of hydrogen-bond acceptors (Lipinski definition) is 5. The molecule has 3 rings (SSSR count). The van der Waals surface area contributed by atoms with Crippen molar-refractivity contribution in [2.24, 2.45) is 5.73 Å². The molecule has 1 aliphatic heterocycles. The minimum atomic E-state index is -0.0324. The molecule has 19 heavy (non-hydrogen) atoms. The lowest BCUT2D eigenvalue weighted by Crippen LogP contribution is -2.40. The van der Waals surface area contributed by atoms with Gasteiger partial charge in [0.2, 0.25) is 0 Å². The molecule has 0 unspecified atom stereocenters. The summed E-state index contributed by atoms with van der Waals surface area (Å²) >= 11 is 0. The number of H-pyrrole nitrogens is 1. The smallest absolute Gasteiger partial charge is 0.255 e. The second-order valence-corrected chi connectivity index (χ2v) is 4.38. The van der Waals surface area contributed by atoms with E-state index in [1.54, 1.807) is 17.2 Å². The first-order valence-corrected chi connectivity index (χ1v) is 6.19. The van der Waals surface area contributed by atoms with Crippen LogP contribution in [0.5, 0.6) is 0 Å². The van der Waals surface area contributed by atoms with Crippen molar-refractivity contribution in [3.63, 3.8) is 0 Å².